The van der Waals surface area contributed by atoms with Gasteiger partial charge in [0.1, 0.15) is 0 Å². The number of piperidine rings is 1. The largest absolute Gasteiger partial charge is 0.334 e. The van der Waals surface area contributed by atoms with Crippen molar-refractivity contribution in [3.63, 3.8) is 0 Å². The summed E-state index contributed by atoms with van der Waals surface area (Å²) in [6.45, 7) is 5.37. The van der Waals surface area contributed by atoms with E-state index in [1.165, 1.54) is 21.1 Å². The van der Waals surface area contributed by atoms with E-state index in [4.69, 9.17) is 11.6 Å². The monoisotopic (exact) mass is 464 g/mol. The summed E-state index contributed by atoms with van der Waals surface area (Å²) in [5.41, 5.74) is 0.833. The van der Waals surface area contributed by atoms with Crippen molar-refractivity contribution in [2.24, 2.45) is 5.92 Å². The first-order chi connectivity index (χ1) is 14.4. The number of rotatable bonds is 8. The third-order valence-corrected chi connectivity index (χ3v) is 7.81. The van der Waals surface area contributed by atoms with E-state index in [0.717, 1.165) is 10.4 Å². The predicted octanol–water partition coefficient (Wildman–Crippen LogP) is 4.63. The van der Waals surface area contributed by atoms with Crippen LogP contribution in [0.25, 0.3) is 6.08 Å². The van der Waals surface area contributed by atoms with Gasteiger partial charge in [-0.25, -0.2) is 8.42 Å². The van der Waals surface area contributed by atoms with Crippen molar-refractivity contribution in [2.45, 2.75) is 19.4 Å². The minimum atomic E-state index is -3.51. The molecule has 1 fully saturated rings. The second-order valence-electron chi connectivity index (χ2n) is 7.14. The van der Waals surface area contributed by atoms with Crippen molar-refractivity contribution >= 4 is 44.9 Å². The summed E-state index contributed by atoms with van der Waals surface area (Å²) >= 11 is 7.46. The normalized spacial score (nSPS) is 16.0. The quantitative estimate of drug-likeness (QED) is 0.535. The van der Waals surface area contributed by atoms with Crippen LogP contribution in [0, 0.1) is 5.92 Å². The second-order valence-corrected chi connectivity index (χ2v) is 10.8. The van der Waals surface area contributed by atoms with Gasteiger partial charge in [0.2, 0.25) is 15.9 Å². The van der Waals surface area contributed by atoms with Crippen LogP contribution in [-0.4, -0.2) is 43.2 Å². The Kier molecular flexibility index (Phi) is 7.88. The van der Waals surface area contributed by atoms with Gasteiger partial charge in [-0.05, 0) is 36.6 Å². The lowest BCUT2D eigenvalue weighted by molar-refractivity contribution is -0.136. The lowest BCUT2D eigenvalue weighted by Crippen LogP contribution is -2.43. The molecule has 0 unspecified atom stereocenters. The summed E-state index contributed by atoms with van der Waals surface area (Å²) in [7, 11) is -3.51. The molecule has 1 aromatic heterocycles. The number of nitrogens with zero attached hydrogens (tertiary/aromatic N) is 2. The standard InChI is InChI=1S/C22H25ClN2O3S2/c1-2-13-24(17-20-8-9-21(23)29-20)22(26)19-10-14-25(15-11-19)30(27,28)16-12-18-6-4-3-5-7-18/h2-9,12,16,19H,1,10-11,13-15,17H2/b16-12+. The Morgan fingerprint density at radius 1 is 1.20 bits per heavy atom. The Morgan fingerprint density at radius 3 is 2.50 bits per heavy atom. The Morgan fingerprint density at radius 2 is 1.90 bits per heavy atom. The van der Waals surface area contributed by atoms with Crippen molar-refractivity contribution in [2.75, 3.05) is 19.6 Å². The van der Waals surface area contributed by atoms with Crippen LogP contribution in [-0.2, 0) is 21.4 Å². The molecule has 1 aliphatic heterocycles. The van der Waals surface area contributed by atoms with Gasteiger partial charge < -0.3 is 4.90 Å². The van der Waals surface area contributed by atoms with E-state index >= 15 is 0 Å². The third kappa shape index (κ3) is 6.04. The molecule has 30 heavy (non-hydrogen) atoms. The lowest BCUT2D eigenvalue weighted by Gasteiger charge is -2.32. The van der Waals surface area contributed by atoms with Gasteiger partial charge in [-0.2, -0.15) is 4.31 Å². The van der Waals surface area contributed by atoms with E-state index in [1.807, 2.05) is 42.5 Å². The summed E-state index contributed by atoms with van der Waals surface area (Å²) in [5.74, 6) is -0.152. The molecule has 8 heteroatoms. The molecule has 0 bridgehead atoms. The predicted molar refractivity (Wildman–Crippen MR) is 124 cm³/mol. The van der Waals surface area contributed by atoms with Crippen LogP contribution in [0.1, 0.15) is 23.3 Å². The Labute approximate surface area is 187 Å². The van der Waals surface area contributed by atoms with Gasteiger partial charge in [0.25, 0.3) is 0 Å². The molecule has 2 aromatic rings. The third-order valence-electron chi connectivity index (χ3n) is 5.03. The zero-order chi connectivity index (χ0) is 21.6. The van der Waals surface area contributed by atoms with Gasteiger partial charge in [-0.15, -0.1) is 17.9 Å². The van der Waals surface area contributed by atoms with Crippen LogP contribution in [0.3, 0.4) is 0 Å². The molecule has 5 nitrogen and oxygen atoms in total. The van der Waals surface area contributed by atoms with E-state index in [-0.39, 0.29) is 11.8 Å². The number of amides is 1. The maximum Gasteiger partial charge on any atom is 0.236 e. The molecule has 1 aliphatic rings. The molecule has 2 heterocycles. The summed E-state index contributed by atoms with van der Waals surface area (Å²) in [6.07, 6.45) is 4.33. The van der Waals surface area contributed by atoms with E-state index < -0.39 is 10.0 Å². The Balaban J connectivity index is 1.59. The highest BCUT2D eigenvalue weighted by Gasteiger charge is 2.32. The molecule has 0 atom stereocenters. The molecule has 0 saturated carbocycles. The van der Waals surface area contributed by atoms with E-state index in [1.54, 1.807) is 17.1 Å². The Bertz CT molecular complexity index is 994. The number of carbonyl (C=O) groups excluding carboxylic acids is 1. The fourth-order valence-electron chi connectivity index (χ4n) is 3.44. The molecule has 1 saturated heterocycles. The number of sulfonamides is 1. The number of thiophene rings is 1. The highest BCUT2D eigenvalue weighted by atomic mass is 35.5. The maximum atomic E-state index is 13.0. The first-order valence-corrected chi connectivity index (χ1v) is 12.5. The van der Waals surface area contributed by atoms with Gasteiger partial charge in [-0.1, -0.05) is 48.0 Å². The van der Waals surface area contributed by atoms with Gasteiger partial charge >= 0.3 is 0 Å². The van der Waals surface area contributed by atoms with Gasteiger partial charge in [-0.3, -0.25) is 4.79 Å². The van der Waals surface area contributed by atoms with Gasteiger partial charge in [0, 0.05) is 35.8 Å². The van der Waals surface area contributed by atoms with Crippen molar-refractivity contribution in [1.82, 2.24) is 9.21 Å². The summed E-state index contributed by atoms with van der Waals surface area (Å²) < 4.78 is 27.4. The second kappa shape index (κ2) is 10.4. The molecule has 0 spiro atoms. The minimum absolute atomic E-state index is 0.0382. The highest BCUT2D eigenvalue weighted by Crippen LogP contribution is 2.26. The number of hydrogen-bond acceptors (Lipinski definition) is 4. The number of halogens is 1. The van der Waals surface area contributed by atoms with Crippen LogP contribution in [0.5, 0.6) is 0 Å². The van der Waals surface area contributed by atoms with Crippen LogP contribution >= 0.6 is 22.9 Å². The molecular formula is C22H25ClN2O3S2. The highest BCUT2D eigenvalue weighted by molar-refractivity contribution is 7.92. The van der Waals surface area contributed by atoms with Crippen molar-refractivity contribution < 1.29 is 13.2 Å². The molecule has 160 valence electrons. The van der Waals surface area contributed by atoms with Crippen molar-refractivity contribution in [3.8, 4) is 0 Å². The van der Waals surface area contributed by atoms with Crippen LogP contribution < -0.4 is 0 Å². The number of hydrogen-bond donors (Lipinski definition) is 0. The fourth-order valence-corrected chi connectivity index (χ4v) is 5.77. The molecule has 0 N–H and O–H groups in total. The zero-order valence-corrected chi connectivity index (χ0v) is 19.0. The van der Waals surface area contributed by atoms with E-state index in [9.17, 15) is 13.2 Å². The molecular weight excluding hydrogens is 440 g/mol. The maximum absolute atomic E-state index is 13.0. The van der Waals surface area contributed by atoms with Gasteiger partial charge in [0.15, 0.2) is 0 Å². The van der Waals surface area contributed by atoms with Crippen LogP contribution in [0.2, 0.25) is 4.34 Å². The van der Waals surface area contributed by atoms with Crippen LogP contribution in [0.4, 0.5) is 0 Å². The van der Waals surface area contributed by atoms with Gasteiger partial charge in [0.05, 0.1) is 10.9 Å². The van der Waals surface area contributed by atoms with E-state index in [0.29, 0.717) is 43.4 Å². The lowest BCUT2D eigenvalue weighted by atomic mass is 9.96. The summed E-state index contributed by atoms with van der Waals surface area (Å²) in [4.78, 5) is 15.8. The van der Waals surface area contributed by atoms with Crippen LogP contribution in [0.15, 0.2) is 60.5 Å². The first-order valence-electron chi connectivity index (χ1n) is 9.76. The SMILES string of the molecule is C=CCN(Cc1ccc(Cl)s1)C(=O)C1CCN(S(=O)(=O)/C=C/c2ccccc2)CC1. The van der Waals surface area contributed by atoms with Crippen molar-refractivity contribution in [3.05, 3.63) is 75.3 Å². The number of carbonyl (C=O) groups is 1. The minimum Gasteiger partial charge on any atom is -0.334 e. The molecule has 0 aliphatic carbocycles. The molecule has 3 rings (SSSR count). The number of benzene rings is 1. The first kappa shape index (κ1) is 22.7. The van der Waals surface area contributed by atoms with Crippen molar-refractivity contribution in [1.29, 1.82) is 0 Å². The molecule has 1 amide bonds. The average Bonchev–Trinajstić information content (AvgIpc) is 3.17. The zero-order valence-electron chi connectivity index (χ0n) is 16.6. The fraction of sp³-hybridized carbons (Fsp3) is 0.318. The average molecular weight is 465 g/mol. The summed E-state index contributed by atoms with van der Waals surface area (Å²) in [6, 6.07) is 13.1. The summed E-state index contributed by atoms with van der Waals surface area (Å²) in [5, 5.41) is 1.25. The Hall–Kier alpha value is -1.93. The molecule has 1 aromatic carbocycles. The van der Waals surface area contributed by atoms with E-state index in [2.05, 4.69) is 6.58 Å². The topological polar surface area (TPSA) is 57.7 Å². The smallest absolute Gasteiger partial charge is 0.236 e. The molecule has 0 radical (unpaired) electrons.